The zero-order chi connectivity index (χ0) is 30.3. The highest BCUT2D eigenvalue weighted by Crippen LogP contribution is 2.31. The van der Waals surface area contributed by atoms with E-state index in [9.17, 15) is 29.1 Å². The first-order valence-corrected chi connectivity index (χ1v) is 14.6. The molecular weight excluding hydrogens is 590 g/mol. The molecule has 2 aromatic rings. The Morgan fingerprint density at radius 3 is 2.48 bits per heavy atom. The van der Waals surface area contributed by atoms with Crippen LogP contribution in [0.15, 0.2) is 36.4 Å². The fraction of sp³-hybridized carbons (Fsp3) is 0.444. The number of carboxylic acids is 1. The van der Waals surface area contributed by atoms with Crippen molar-refractivity contribution in [2.75, 3.05) is 55.7 Å². The molecule has 42 heavy (non-hydrogen) atoms. The maximum atomic E-state index is 13.8. The first-order valence-electron chi connectivity index (χ1n) is 13.4. The molecule has 2 fully saturated rings. The number of hydrogen-bond donors (Lipinski definition) is 3. The second kappa shape index (κ2) is 14.1. The number of unbranched alkanes of at least 4 members (excludes halogenated alkanes) is 1. The van der Waals surface area contributed by atoms with Gasteiger partial charge in [0.25, 0.3) is 11.8 Å². The van der Waals surface area contributed by atoms with E-state index in [-0.39, 0.29) is 43.4 Å². The standard InChI is InChI=1S/C27H32ClN5O8S/c28-22-8-7-21(42-22)24(36)33(27(25(37)38,30-11-13-34)9-1-2-10-29)16-20-15-32(26(39)41-20)19-5-3-18(4-6-19)31-12-14-40-17-23(31)35/h3-8,13,20,30H,1-2,9-12,14-17,29H2,(H,37,38)/t20-,27-/m1/s1. The molecule has 0 bridgehead atoms. The summed E-state index contributed by atoms with van der Waals surface area (Å²) in [5.41, 5.74) is 4.81. The van der Waals surface area contributed by atoms with Crippen LogP contribution >= 0.6 is 22.9 Å². The molecule has 4 N–H and O–H groups in total. The van der Waals surface area contributed by atoms with Crippen molar-refractivity contribution in [3.05, 3.63) is 45.6 Å². The van der Waals surface area contributed by atoms with E-state index < -0.39 is 29.7 Å². The molecule has 3 heterocycles. The number of aliphatic carboxylic acids is 1. The summed E-state index contributed by atoms with van der Waals surface area (Å²) in [6.07, 6.45) is -0.280. The van der Waals surface area contributed by atoms with E-state index in [0.717, 1.165) is 16.2 Å². The van der Waals surface area contributed by atoms with Gasteiger partial charge in [-0.25, -0.2) is 9.59 Å². The number of nitrogens with zero attached hydrogens (tertiary/aromatic N) is 3. The molecule has 2 aliphatic rings. The van der Waals surface area contributed by atoms with Crippen LogP contribution in [-0.2, 0) is 23.9 Å². The van der Waals surface area contributed by atoms with Crippen molar-refractivity contribution in [2.45, 2.75) is 31.0 Å². The average Bonchev–Trinajstić information content (AvgIpc) is 3.58. The molecule has 15 heteroatoms. The van der Waals surface area contributed by atoms with Gasteiger partial charge in [0.15, 0.2) is 5.66 Å². The fourth-order valence-electron chi connectivity index (χ4n) is 4.96. The van der Waals surface area contributed by atoms with Gasteiger partial charge in [0, 0.05) is 17.9 Å². The monoisotopic (exact) mass is 621 g/mol. The number of nitrogens with one attached hydrogen (secondary N) is 1. The normalized spacial score (nSPS) is 18.5. The van der Waals surface area contributed by atoms with Crippen LogP contribution in [0.1, 0.15) is 28.9 Å². The van der Waals surface area contributed by atoms with Crippen molar-refractivity contribution >= 4 is 64.5 Å². The van der Waals surface area contributed by atoms with Crippen LogP contribution in [0.5, 0.6) is 0 Å². The van der Waals surface area contributed by atoms with Crippen molar-refractivity contribution in [1.29, 1.82) is 0 Å². The van der Waals surface area contributed by atoms with Gasteiger partial charge in [-0.15, -0.1) is 11.3 Å². The summed E-state index contributed by atoms with van der Waals surface area (Å²) in [7, 11) is 0. The molecule has 2 saturated heterocycles. The van der Waals surface area contributed by atoms with E-state index in [4.69, 9.17) is 26.8 Å². The minimum absolute atomic E-state index is 0.000537. The second-order valence-corrected chi connectivity index (χ2v) is 11.4. The summed E-state index contributed by atoms with van der Waals surface area (Å²) in [5, 5.41) is 13.2. The predicted molar refractivity (Wildman–Crippen MR) is 155 cm³/mol. The summed E-state index contributed by atoms with van der Waals surface area (Å²) in [4.78, 5) is 67.3. The second-order valence-electron chi connectivity index (χ2n) is 9.71. The highest BCUT2D eigenvalue weighted by Gasteiger charge is 2.49. The molecule has 0 spiro atoms. The van der Waals surface area contributed by atoms with E-state index in [2.05, 4.69) is 5.32 Å². The Morgan fingerprint density at radius 2 is 1.88 bits per heavy atom. The highest BCUT2D eigenvalue weighted by atomic mass is 35.5. The minimum atomic E-state index is -1.99. The zero-order valence-electron chi connectivity index (χ0n) is 22.7. The van der Waals surface area contributed by atoms with Gasteiger partial charge >= 0.3 is 12.1 Å². The quantitative estimate of drug-likeness (QED) is 0.161. The molecule has 3 amide bonds. The summed E-state index contributed by atoms with van der Waals surface area (Å²) < 4.78 is 11.1. The van der Waals surface area contributed by atoms with Crippen LogP contribution in [0, 0.1) is 0 Å². The third kappa shape index (κ3) is 6.90. The molecule has 1 aromatic heterocycles. The SMILES string of the molecule is NCCCC[C@](NCC=O)(C(=O)O)N(C[C@H]1CN(c2ccc(N3CCOCC3=O)cc2)C(=O)O1)C(=O)c1ccc(Cl)s1. The maximum Gasteiger partial charge on any atom is 0.414 e. The van der Waals surface area contributed by atoms with Gasteiger partial charge in [0.05, 0.1) is 35.5 Å². The first-order chi connectivity index (χ1) is 20.2. The Balaban J connectivity index is 1.59. The number of cyclic esters (lactones) is 1. The molecule has 4 rings (SSSR count). The molecule has 0 radical (unpaired) electrons. The Bertz CT molecular complexity index is 1310. The van der Waals surface area contributed by atoms with Gasteiger partial charge < -0.3 is 34.9 Å². The van der Waals surface area contributed by atoms with Gasteiger partial charge in [-0.05, 0) is 62.2 Å². The van der Waals surface area contributed by atoms with Gasteiger partial charge in [0.2, 0.25) is 0 Å². The Morgan fingerprint density at radius 1 is 1.17 bits per heavy atom. The fourth-order valence-corrected chi connectivity index (χ4v) is 5.95. The van der Waals surface area contributed by atoms with Crippen molar-refractivity contribution < 1.29 is 38.6 Å². The number of amides is 3. The highest BCUT2D eigenvalue weighted by molar-refractivity contribution is 7.18. The Hall–Kier alpha value is -3.56. The number of carboxylic acid groups (broad SMARTS) is 1. The Labute approximate surface area is 251 Å². The molecule has 0 aliphatic carbocycles. The number of halogens is 1. The van der Waals surface area contributed by atoms with Gasteiger partial charge in [-0.1, -0.05) is 11.6 Å². The summed E-state index contributed by atoms with van der Waals surface area (Å²) >= 11 is 7.05. The zero-order valence-corrected chi connectivity index (χ0v) is 24.3. The van der Waals surface area contributed by atoms with Crippen molar-refractivity contribution in [3.8, 4) is 0 Å². The number of anilines is 2. The number of carbonyl (C=O) groups is 5. The van der Waals surface area contributed by atoms with Crippen molar-refractivity contribution in [3.63, 3.8) is 0 Å². The number of hydrogen-bond acceptors (Lipinski definition) is 10. The average molecular weight is 622 g/mol. The number of benzene rings is 1. The van der Waals surface area contributed by atoms with Gasteiger partial charge in [-0.2, -0.15) is 0 Å². The van der Waals surface area contributed by atoms with Crippen molar-refractivity contribution in [1.82, 2.24) is 10.2 Å². The number of carbonyl (C=O) groups excluding carboxylic acids is 4. The summed E-state index contributed by atoms with van der Waals surface area (Å²) in [6, 6.07) is 9.80. The minimum Gasteiger partial charge on any atom is -0.478 e. The van der Waals surface area contributed by atoms with Gasteiger partial charge in [-0.3, -0.25) is 19.8 Å². The topological polar surface area (TPSA) is 172 Å². The first kappa shape index (κ1) is 31.4. The van der Waals surface area contributed by atoms with Crippen LogP contribution in [0.25, 0.3) is 0 Å². The van der Waals surface area contributed by atoms with E-state index >= 15 is 0 Å². The number of morpholine rings is 1. The lowest BCUT2D eigenvalue weighted by atomic mass is 9.98. The summed E-state index contributed by atoms with van der Waals surface area (Å²) in [5.74, 6) is -2.18. The van der Waals surface area contributed by atoms with Gasteiger partial charge in [0.1, 0.15) is 19.0 Å². The van der Waals surface area contributed by atoms with E-state index in [1.54, 1.807) is 29.2 Å². The molecule has 226 valence electrons. The smallest absolute Gasteiger partial charge is 0.414 e. The number of thiophene rings is 1. The molecule has 0 unspecified atom stereocenters. The molecule has 2 atom stereocenters. The van der Waals surface area contributed by atoms with E-state index in [0.29, 0.717) is 54.5 Å². The van der Waals surface area contributed by atoms with Crippen LogP contribution < -0.4 is 20.9 Å². The van der Waals surface area contributed by atoms with Crippen LogP contribution in [0.2, 0.25) is 4.34 Å². The molecule has 2 aliphatic heterocycles. The molecule has 13 nitrogen and oxygen atoms in total. The van der Waals surface area contributed by atoms with Crippen molar-refractivity contribution in [2.24, 2.45) is 5.73 Å². The molecular formula is C27H32ClN5O8S. The van der Waals surface area contributed by atoms with E-state index in [1.807, 2.05) is 0 Å². The number of nitrogens with two attached hydrogens (primary N) is 1. The van der Waals surface area contributed by atoms with E-state index in [1.165, 1.54) is 17.0 Å². The maximum absolute atomic E-state index is 13.8. The summed E-state index contributed by atoms with van der Waals surface area (Å²) in [6.45, 7) is 0.560. The van der Waals surface area contributed by atoms with Crippen LogP contribution in [0.3, 0.4) is 0 Å². The number of aldehydes is 1. The lowest BCUT2D eigenvalue weighted by molar-refractivity contribution is -0.154. The lowest BCUT2D eigenvalue weighted by Crippen LogP contribution is -2.67. The largest absolute Gasteiger partial charge is 0.478 e. The predicted octanol–water partition coefficient (Wildman–Crippen LogP) is 1.93. The lowest BCUT2D eigenvalue weighted by Gasteiger charge is -2.41. The number of ether oxygens (including phenoxy) is 2. The number of rotatable bonds is 14. The molecule has 1 aromatic carbocycles. The third-order valence-corrected chi connectivity index (χ3v) is 8.25. The van der Waals surface area contributed by atoms with Crippen LogP contribution in [-0.4, -0.2) is 97.9 Å². The van der Waals surface area contributed by atoms with Crippen LogP contribution in [0.4, 0.5) is 16.2 Å². The Kier molecular flexibility index (Phi) is 10.5. The molecule has 0 saturated carbocycles. The third-order valence-electron chi connectivity index (χ3n) is 7.03.